The SMILES string of the molecule is CCC(Nc1cccc2ccncc12)c1cccc(F)c1. The van der Waals surface area contributed by atoms with Gasteiger partial charge in [-0.1, -0.05) is 31.2 Å². The van der Waals surface area contributed by atoms with Crippen molar-refractivity contribution >= 4 is 16.5 Å². The molecule has 0 aliphatic heterocycles. The van der Waals surface area contributed by atoms with E-state index in [1.54, 1.807) is 18.3 Å². The number of aromatic nitrogens is 1. The molecule has 3 heteroatoms. The molecule has 1 N–H and O–H groups in total. The van der Waals surface area contributed by atoms with Gasteiger partial charge in [0.15, 0.2) is 0 Å². The largest absolute Gasteiger partial charge is 0.378 e. The number of rotatable bonds is 4. The minimum Gasteiger partial charge on any atom is -0.378 e. The van der Waals surface area contributed by atoms with Crippen LogP contribution in [-0.2, 0) is 0 Å². The van der Waals surface area contributed by atoms with Crippen molar-refractivity contribution in [3.8, 4) is 0 Å². The summed E-state index contributed by atoms with van der Waals surface area (Å²) in [6, 6.07) is 14.9. The van der Waals surface area contributed by atoms with Crippen LogP contribution >= 0.6 is 0 Å². The molecule has 0 fully saturated rings. The predicted octanol–water partition coefficient (Wildman–Crippen LogP) is 4.94. The van der Waals surface area contributed by atoms with Crippen molar-refractivity contribution in [2.24, 2.45) is 0 Å². The van der Waals surface area contributed by atoms with Crippen LogP contribution in [-0.4, -0.2) is 4.98 Å². The molecular weight excluding hydrogens is 263 g/mol. The third kappa shape index (κ3) is 2.87. The van der Waals surface area contributed by atoms with Crippen molar-refractivity contribution in [3.63, 3.8) is 0 Å². The molecule has 0 amide bonds. The number of nitrogens with one attached hydrogen (secondary N) is 1. The first-order chi connectivity index (χ1) is 10.3. The summed E-state index contributed by atoms with van der Waals surface area (Å²) >= 11 is 0. The van der Waals surface area contributed by atoms with Crippen LogP contribution in [0.4, 0.5) is 10.1 Å². The van der Waals surface area contributed by atoms with Crippen molar-refractivity contribution in [1.82, 2.24) is 4.98 Å². The molecule has 0 radical (unpaired) electrons. The smallest absolute Gasteiger partial charge is 0.123 e. The summed E-state index contributed by atoms with van der Waals surface area (Å²) in [5.74, 6) is -0.202. The Kier molecular flexibility index (Phi) is 3.82. The fourth-order valence-electron chi connectivity index (χ4n) is 2.57. The van der Waals surface area contributed by atoms with Gasteiger partial charge in [-0.2, -0.15) is 0 Å². The highest BCUT2D eigenvalue weighted by Gasteiger charge is 2.11. The number of pyridine rings is 1. The molecule has 1 atom stereocenters. The number of fused-ring (bicyclic) bond motifs is 1. The van der Waals surface area contributed by atoms with E-state index < -0.39 is 0 Å². The molecule has 0 spiro atoms. The number of hydrogen-bond acceptors (Lipinski definition) is 2. The molecule has 3 rings (SSSR count). The van der Waals surface area contributed by atoms with Crippen LogP contribution in [0.3, 0.4) is 0 Å². The van der Waals surface area contributed by atoms with Crippen molar-refractivity contribution in [3.05, 3.63) is 72.3 Å². The van der Waals surface area contributed by atoms with E-state index in [-0.39, 0.29) is 11.9 Å². The van der Waals surface area contributed by atoms with E-state index in [0.29, 0.717) is 0 Å². The third-order valence-corrected chi connectivity index (χ3v) is 3.67. The molecule has 1 heterocycles. The minimum atomic E-state index is -0.202. The van der Waals surface area contributed by atoms with E-state index in [9.17, 15) is 4.39 Å². The zero-order valence-corrected chi connectivity index (χ0v) is 11.9. The van der Waals surface area contributed by atoms with E-state index in [2.05, 4.69) is 23.3 Å². The molecule has 1 aromatic heterocycles. The summed E-state index contributed by atoms with van der Waals surface area (Å²) in [6.45, 7) is 2.09. The number of hydrogen-bond donors (Lipinski definition) is 1. The Hall–Kier alpha value is -2.42. The summed E-state index contributed by atoms with van der Waals surface area (Å²) in [6.07, 6.45) is 4.52. The van der Waals surface area contributed by atoms with Gasteiger partial charge < -0.3 is 5.32 Å². The standard InChI is InChI=1S/C18H17FN2/c1-2-17(14-6-3-7-15(19)11-14)21-18-8-4-5-13-9-10-20-12-16(13)18/h3-12,17,21H,2H2,1H3. The highest BCUT2D eigenvalue weighted by molar-refractivity contribution is 5.93. The van der Waals surface area contributed by atoms with Crippen LogP contribution in [0.5, 0.6) is 0 Å². The van der Waals surface area contributed by atoms with Gasteiger partial charge in [-0.3, -0.25) is 4.98 Å². The Balaban J connectivity index is 1.96. The van der Waals surface area contributed by atoms with Crippen LogP contribution in [0.15, 0.2) is 60.9 Å². The number of halogens is 1. The van der Waals surface area contributed by atoms with Gasteiger partial charge in [0, 0.05) is 23.5 Å². The lowest BCUT2D eigenvalue weighted by molar-refractivity contribution is 0.621. The summed E-state index contributed by atoms with van der Waals surface area (Å²) < 4.78 is 13.4. The summed E-state index contributed by atoms with van der Waals surface area (Å²) in [4.78, 5) is 4.19. The van der Waals surface area contributed by atoms with E-state index in [0.717, 1.165) is 28.4 Å². The van der Waals surface area contributed by atoms with Gasteiger partial charge >= 0.3 is 0 Å². The number of nitrogens with zero attached hydrogens (tertiary/aromatic N) is 1. The topological polar surface area (TPSA) is 24.9 Å². The van der Waals surface area contributed by atoms with E-state index >= 15 is 0 Å². The molecule has 2 aromatic carbocycles. The first kappa shape index (κ1) is 13.6. The number of anilines is 1. The van der Waals surface area contributed by atoms with Gasteiger partial charge in [-0.25, -0.2) is 4.39 Å². The Morgan fingerprint density at radius 1 is 1.14 bits per heavy atom. The van der Waals surface area contributed by atoms with Gasteiger partial charge in [0.2, 0.25) is 0 Å². The maximum atomic E-state index is 13.4. The van der Waals surface area contributed by atoms with Crippen molar-refractivity contribution in [1.29, 1.82) is 0 Å². The van der Waals surface area contributed by atoms with Crippen LogP contribution < -0.4 is 5.32 Å². The molecule has 0 saturated heterocycles. The molecule has 1 unspecified atom stereocenters. The molecule has 0 aliphatic carbocycles. The zero-order chi connectivity index (χ0) is 14.7. The van der Waals surface area contributed by atoms with E-state index in [1.165, 1.54) is 6.07 Å². The second-order valence-corrected chi connectivity index (χ2v) is 5.06. The lowest BCUT2D eigenvalue weighted by Gasteiger charge is -2.20. The second-order valence-electron chi connectivity index (χ2n) is 5.06. The molecular formula is C18H17FN2. The van der Waals surface area contributed by atoms with Gasteiger partial charge in [0.25, 0.3) is 0 Å². The quantitative estimate of drug-likeness (QED) is 0.732. The fraction of sp³-hybridized carbons (Fsp3) is 0.167. The second kappa shape index (κ2) is 5.92. The Bertz CT molecular complexity index is 750. The molecule has 0 saturated carbocycles. The Morgan fingerprint density at radius 3 is 2.81 bits per heavy atom. The number of benzene rings is 2. The normalized spacial score (nSPS) is 12.3. The average Bonchev–Trinajstić information content (AvgIpc) is 2.52. The first-order valence-electron chi connectivity index (χ1n) is 7.12. The molecule has 0 aliphatic rings. The Morgan fingerprint density at radius 2 is 2.00 bits per heavy atom. The van der Waals surface area contributed by atoms with Gasteiger partial charge in [-0.15, -0.1) is 0 Å². The summed E-state index contributed by atoms with van der Waals surface area (Å²) in [5, 5.41) is 5.73. The van der Waals surface area contributed by atoms with Crippen molar-refractivity contribution in [2.75, 3.05) is 5.32 Å². The fourth-order valence-corrected chi connectivity index (χ4v) is 2.57. The van der Waals surface area contributed by atoms with Gasteiger partial charge in [-0.05, 0) is 41.6 Å². The van der Waals surface area contributed by atoms with Crippen LogP contribution in [0, 0.1) is 5.82 Å². The average molecular weight is 280 g/mol. The molecule has 3 aromatic rings. The van der Waals surface area contributed by atoms with E-state index in [4.69, 9.17) is 0 Å². The molecule has 2 nitrogen and oxygen atoms in total. The van der Waals surface area contributed by atoms with Crippen LogP contribution in [0.25, 0.3) is 10.8 Å². The van der Waals surface area contributed by atoms with Crippen LogP contribution in [0.2, 0.25) is 0 Å². The van der Waals surface area contributed by atoms with Crippen molar-refractivity contribution < 1.29 is 4.39 Å². The lowest BCUT2D eigenvalue weighted by Crippen LogP contribution is -2.10. The summed E-state index contributed by atoms with van der Waals surface area (Å²) in [7, 11) is 0. The predicted molar refractivity (Wildman–Crippen MR) is 84.8 cm³/mol. The van der Waals surface area contributed by atoms with E-state index in [1.807, 2.05) is 30.5 Å². The third-order valence-electron chi connectivity index (χ3n) is 3.67. The van der Waals surface area contributed by atoms with Crippen molar-refractivity contribution in [2.45, 2.75) is 19.4 Å². The van der Waals surface area contributed by atoms with Gasteiger partial charge in [0.05, 0.1) is 6.04 Å². The van der Waals surface area contributed by atoms with Crippen LogP contribution in [0.1, 0.15) is 24.9 Å². The molecule has 0 bridgehead atoms. The monoisotopic (exact) mass is 280 g/mol. The first-order valence-corrected chi connectivity index (χ1v) is 7.12. The molecule has 21 heavy (non-hydrogen) atoms. The zero-order valence-electron chi connectivity index (χ0n) is 11.9. The summed E-state index contributed by atoms with van der Waals surface area (Å²) in [5.41, 5.74) is 1.98. The Labute approximate surface area is 123 Å². The maximum Gasteiger partial charge on any atom is 0.123 e. The minimum absolute atomic E-state index is 0.0755. The van der Waals surface area contributed by atoms with Gasteiger partial charge in [0.1, 0.15) is 5.82 Å². The lowest BCUT2D eigenvalue weighted by atomic mass is 10.0. The maximum absolute atomic E-state index is 13.4. The highest BCUT2D eigenvalue weighted by atomic mass is 19.1. The molecule has 106 valence electrons. The highest BCUT2D eigenvalue weighted by Crippen LogP contribution is 2.28.